The summed E-state index contributed by atoms with van der Waals surface area (Å²) < 4.78 is 5.32. The summed E-state index contributed by atoms with van der Waals surface area (Å²) in [6.07, 6.45) is 1.15. The minimum Gasteiger partial charge on any atom is -0.481 e. The fraction of sp³-hybridized carbons (Fsp3) is 0.280. The highest BCUT2D eigenvalue weighted by Gasteiger charge is 2.53. The Kier molecular flexibility index (Phi) is 9.05. The highest BCUT2D eigenvalue weighted by atomic mass is 35.5. The second-order valence-corrected chi connectivity index (χ2v) is 9.00. The summed E-state index contributed by atoms with van der Waals surface area (Å²) in [5.74, 6) is 3.32. The number of benzene rings is 2. The third-order valence-electron chi connectivity index (χ3n) is 5.40. The van der Waals surface area contributed by atoms with Crippen molar-refractivity contribution >= 4 is 40.8 Å². The van der Waals surface area contributed by atoms with Gasteiger partial charge in [0.1, 0.15) is 21.9 Å². The van der Waals surface area contributed by atoms with Gasteiger partial charge in [-0.2, -0.15) is 5.26 Å². The van der Waals surface area contributed by atoms with Gasteiger partial charge in [-0.15, -0.1) is 0 Å². The monoisotopic (exact) mass is 489 g/mol. The van der Waals surface area contributed by atoms with Gasteiger partial charge in [0.15, 0.2) is 0 Å². The smallest absolute Gasteiger partial charge is 0.312 e. The lowest BCUT2D eigenvalue weighted by molar-refractivity contribution is -0.155. The molecule has 2 rings (SSSR count). The molecular weight excluding hydrogens is 469 g/mol. The average molecular weight is 491 g/mol. The summed E-state index contributed by atoms with van der Waals surface area (Å²) in [6, 6.07) is 15.8. The fourth-order valence-corrected chi connectivity index (χ4v) is 4.04. The van der Waals surface area contributed by atoms with E-state index in [1.807, 2.05) is 0 Å². The molecule has 0 amide bonds. The van der Waals surface area contributed by atoms with Gasteiger partial charge in [0.05, 0.1) is 12.0 Å². The molecule has 2 aromatic carbocycles. The van der Waals surface area contributed by atoms with E-state index in [2.05, 4.69) is 17.9 Å². The summed E-state index contributed by atoms with van der Waals surface area (Å²) in [6.45, 7) is 5.31. The minimum absolute atomic E-state index is 0.0691. The van der Waals surface area contributed by atoms with Crippen LogP contribution in [0, 0.1) is 40.4 Å². The molecule has 0 aliphatic carbocycles. The van der Waals surface area contributed by atoms with Crippen LogP contribution in [0.2, 0.25) is 5.02 Å². The Bertz CT molecular complexity index is 1090. The highest BCUT2D eigenvalue weighted by Crippen LogP contribution is 2.48. The van der Waals surface area contributed by atoms with E-state index < -0.39 is 29.1 Å². The van der Waals surface area contributed by atoms with Crippen molar-refractivity contribution in [2.24, 2.45) is 17.3 Å². The molecule has 0 aliphatic rings. The summed E-state index contributed by atoms with van der Waals surface area (Å²) in [5, 5.41) is 21.1. The zero-order chi connectivity index (χ0) is 23.9. The Labute approximate surface area is 203 Å². The van der Waals surface area contributed by atoms with Gasteiger partial charge in [0.2, 0.25) is 0 Å². The van der Waals surface area contributed by atoms with E-state index in [9.17, 15) is 15.2 Å². The maximum absolute atomic E-state index is 12.7. The molecule has 0 bridgehead atoms. The second kappa shape index (κ2) is 11.3. The van der Waals surface area contributed by atoms with E-state index in [0.717, 1.165) is 6.26 Å². The minimum atomic E-state index is -1.48. The lowest BCUT2D eigenvalue weighted by Gasteiger charge is -2.40. The van der Waals surface area contributed by atoms with Crippen molar-refractivity contribution < 1.29 is 14.6 Å². The number of carboxylic acid groups (broad SMARTS) is 1. The van der Waals surface area contributed by atoms with Crippen LogP contribution in [0.25, 0.3) is 0 Å². The number of hydrogen-bond acceptors (Lipinski definition) is 3. The molecule has 0 saturated carbocycles. The number of carbonyl (C=O) groups is 1. The van der Waals surface area contributed by atoms with Crippen LogP contribution in [0.5, 0.6) is 5.75 Å². The molecule has 4 nitrogen and oxygen atoms in total. The molecule has 32 heavy (non-hydrogen) atoms. The number of carboxylic acids is 1. The zero-order valence-corrected chi connectivity index (χ0v) is 20.0. The normalized spacial score (nSPS) is 14.2. The van der Waals surface area contributed by atoms with E-state index in [1.165, 1.54) is 0 Å². The van der Waals surface area contributed by atoms with Crippen molar-refractivity contribution in [3.8, 4) is 23.7 Å². The van der Waals surface area contributed by atoms with Crippen LogP contribution in [0.3, 0.4) is 0 Å². The molecule has 0 saturated heterocycles. The van der Waals surface area contributed by atoms with Crippen LogP contribution in [0.15, 0.2) is 59.3 Å². The Morgan fingerprint density at radius 2 is 1.81 bits per heavy atom. The van der Waals surface area contributed by atoms with E-state index >= 15 is 0 Å². The number of hydrogen-bond donors (Lipinski definition) is 1. The van der Waals surface area contributed by atoms with Crippen molar-refractivity contribution in [1.82, 2.24) is 0 Å². The SMILES string of the molecule is CC(C)C(C(=O)O)(C(C)C#Cc1ccc(Cl)cc1)C(C#N)c1cccc(OC=C(Cl)Cl)c1. The molecule has 0 aliphatic heterocycles. The van der Waals surface area contributed by atoms with E-state index in [0.29, 0.717) is 21.9 Å². The van der Waals surface area contributed by atoms with Crippen LogP contribution in [-0.2, 0) is 4.79 Å². The maximum Gasteiger partial charge on any atom is 0.312 e. The average Bonchev–Trinajstić information content (AvgIpc) is 2.75. The van der Waals surface area contributed by atoms with E-state index in [-0.39, 0.29) is 4.49 Å². The number of nitriles is 1. The molecular formula is C25H22Cl3NO3. The van der Waals surface area contributed by atoms with Crippen LogP contribution >= 0.6 is 34.8 Å². The molecule has 3 atom stereocenters. The summed E-state index contributed by atoms with van der Waals surface area (Å²) in [7, 11) is 0. The van der Waals surface area contributed by atoms with Crippen molar-refractivity contribution in [2.45, 2.75) is 26.7 Å². The number of halogens is 3. The van der Waals surface area contributed by atoms with Gasteiger partial charge in [0.25, 0.3) is 0 Å². The molecule has 1 N–H and O–H groups in total. The Morgan fingerprint density at radius 3 is 2.34 bits per heavy atom. The van der Waals surface area contributed by atoms with Crippen molar-refractivity contribution in [3.63, 3.8) is 0 Å². The molecule has 2 aromatic rings. The summed E-state index contributed by atoms with van der Waals surface area (Å²) in [5.41, 5.74) is -0.273. The van der Waals surface area contributed by atoms with Crippen LogP contribution in [0.1, 0.15) is 37.8 Å². The lowest BCUT2D eigenvalue weighted by atomic mass is 9.59. The lowest BCUT2D eigenvalue weighted by Crippen LogP contribution is -2.46. The predicted molar refractivity (Wildman–Crippen MR) is 128 cm³/mol. The molecule has 7 heteroatoms. The fourth-order valence-electron chi connectivity index (χ4n) is 3.82. The van der Waals surface area contributed by atoms with Crippen molar-refractivity contribution in [3.05, 3.63) is 75.4 Å². The summed E-state index contributed by atoms with van der Waals surface area (Å²) >= 11 is 17.1. The molecule has 166 valence electrons. The molecule has 0 spiro atoms. The topological polar surface area (TPSA) is 70.3 Å². The van der Waals surface area contributed by atoms with Gasteiger partial charge >= 0.3 is 5.97 Å². The standard InChI is InChI=1S/C25H22Cl3NO3/c1-16(2)25(24(30)31,17(3)7-8-18-9-11-20(26)12-10-18)22(14-29)19-5-4-6-21(13-19)32-15-23(27)28/h4-6,9-13,15-17,22H,1-3H3,(H,30,31). The van der Waals surface area contributed by atoms with Gasteiger partial charge in [-0.25, -0.2) is 0 Å². The molecule has 3 unspecified atom stereocenters. The Balaban J connectivity index is 2.56. The van der Waals surface area contributed by atoms with Gasteiger partial charge < -0.3 is 9.84 Å². The number of aliphatic carboxylic acids is 1. The Morgan fingerprint density at radius 1 is 1.16 bits per heavy atom. The number of ether oxygens (including phenoxy) is 1. The third kappa shape index (κ3) is 5.78. The molecule has 0 heterocycles. The summed E-state index contributed by atoms with van der Waals surface area (Å²) in [4.78, 5) is 12.7. The quantitative estimate of drug-likeness (QED) is 0.334. The zero-order valence-electron chi connectivity index (χ0n) is 17.8. The van der Waals surface area contributed by atoms with Crippen molar-refractivity contribution in [2.75, 3.05) is 0 Å². The first kappa shape index (κ1) is 25.6. The van der Waals surface area contributed by atoms with Crippen molar-refractivity contribution in [1.29, 1.82) is 5.26 Å². The van der Waals surface area contributed by atoms with E-state index in [1.54, 1.807) is 69.3 Å². The first-order valence-corrected chi connectivity index (χ1v) is 10.9. The van der Waals surface area contributed by atoms with Gasteiger partial charge in [-0.3, -0.25) is 4.79 Å². The first-order valence-electron chi connectivity index (χ1n) is 9.80. The highest BCUT2D eigenvalue weighted by molar-refractivity contribution is 6.55. The largest absolute Gasteiger partial charge is 0.481 e. The number of nitrogens with zero attached hydrogens (tertiary/aromatic N) is 1. The Hall–Kier alpha value is -2.63. The second-order valence-electron chi connectivity index (χ2n) is 7.55. The molecule has 0 aromatic heterocycles. The van der Waals surface area contributed by atoms with Crippen LogP contribution in [-0.4, -0.2) is 11.1 Å². The first-order chi connectivity index (χ1) is 15.1. The van der Waals surface area contributed by atoms with E-state index in [4.69, 9.17) is 39.5 Å². The maximum atomic E-state index is 12.7. The van der Waals surface area contributed by atoms with Crippen LogP contribution in [0.4, 0.5) is 0 Å². The number of rotatable bonds is 7. The van der Waals surface area contributed by atoms with Gasteiger partial charge in [-0.05, 0) is 47.9 Å². The van der Waals surface area contributed by atoms with Crippen LogP contribution < -0.4 is 4.74 Å². The van der Waals surface area contributed by atoms with Gasteiger partial charge in [0, 0.05) is 16.5 Å². The molecule has 0 radical (unpaired) electrons. The third-order valence-corrected chi connectivity index (χ3v) is 5.83. The van der Waals surface area contributed by atoms with Gasteiger partial charge in [-0.1, -0.05) is 79.5 Å². The molecule has 0 fully saturated rings. The predicted octanol–water partition coefficient (Wildman–Crippen LogP) is 7.02.